The van der Waals surface area contributed by atoms with E-state index in [1.165, 1.54) is 6.92 Å². The summed E-state index contributed by atoms with van der Waals surface area (Å²) in [5.74, 6) is -0.00497. The quantitative estimate of drug-likeness (QED) is 0.830. The van der Waals surface area contributed by atoms with Crippen molar-refractivity contribution in [1.29, 1.82) is 5.26 Å². The third-order valence-corrected chi connectivity index (χ3v) is 4.19. The summed E-state index contributed by atoms with van der Waals surface area (Å²) in [6.45, 7) is 4.29. The Hall–Kier alpha value is -2.19. The third-order valence-electron chi connectivity index (χ3n) is 3.14. The molecule has 0 aliphatic rings. The van der Waals surface area contributed by atoms with Crippen LogP contribution in [0.3, 0.4) is 0 Å². The third kappa shape index (κ3) is 3.89. The van der Waals surface area contributed by atoms with Crippen molar-refractivity contribution >= 4 is 22.8 Å². The van der Waals surface area contributed by atoms with E-state index in [2.05, 4.69) is 28.7 Å². The van der Waals surface area contributed by atoms with Gasteiger partial charge in [-0.2, -0.15) is 5.26 Å². The van der Waals surface area contributed by atoms with Gasteiger partial charge in [0.05, 0.1) is 22.0 Å². The number of benzene rings is 1. The molecule has 1 heterocycles. The highest BCUT2D eigenvalue weighted by Gasteiger charge is 2.07. The van der Waals surface area contributed by atoms with Crippen LogP contribution in [-0.4, -0.2) is 17.3 Å². The van der Waals surface area contributed by atoms with E-state index in [1.807, 2.05) is 0 Å². The maximum Gasteiger partial charge on any atom is 0.159 e. The van der Waals surface area contributed by atoms with Gasteiger partial charge in [0.2, 0.25) is 0 Å². The summed E-state index contributed by atoms with van der Waals surface area (Å²) in [5, 5.41) is 15.5. The normalized spacial score (nSPS) is 10.1. The van der Waals surface area contributed by atoms with Crippen LogP contribution in [0.2, 0.25) is 0 Å². The summed E-state index contributed by atoms with van der Waals surface area (Å²) < 4.78 is 0. The van der Waals surface area contributed by atoms with E-state index in [0.29, 0.717) is 23.4 Å². The molecule has 21 heavy (non-hydrogen) atoms. The minimum absolute atomic E-state index is 0.00497. The molecule has 0 bridgehead atoms. The van der Waals surface area contributed by atoms with E-state index >= 15 is 0 Å². The first-order chi connectivity index (χ1) is 10.1. The Balaban J connectivity index is 2.03. The molecule has 2 rings (SSSR count). The molecule has 0 aliphatic heterocycles. The minimum Gasteiger partial charge on any atom is -0.384 e. The molecule has 0 saturated heterocycles. The van der Waals surface area contributed by atoms with Crippen molar-refractivity contribution in [2.75, 3.05) is 11.9 Å². The van der Waals surface area contributed by atoms with Gasteiger partial charge in [0.25, 0.3) is 0 Å². The van der Waals surface area contributed by atoms with Crippen LogP contribution in [-0.2, 0) is 12.8 Å². The van der Waals surface area contributed by atoms with Crippen molar-refractivity contribution in [1.82, 2.24) is 4.98 Å². The lowest BCUT2D eigenvalue weighted by Crippen LogP contribution is -2.07. The van der Waals surface area contributed by atoms with Gasteiger partial charge in [-0.1, -0.05) is 6.92 Å². The molecule has 5 heteroatoms. The van der Waals surface area contributed by atoms with Crippen molar-refractivity contribution in [3.05, 3.63) is 45.4 Å². The molecule has 0 fully saturated rings. The van der Waals surface area contributed by atoms with Crippen LogP contribution < -0.4 is 5.32 Å². The molecule has 0 unspecified atom stereocenters. The fraction of sp³-hybridized carbons (Fsp3) is 0.312. The van der Waals surface area contributed by atoms with Crippen molar-refractivity contribution in [3.63, 3.8) is 0 Å². The second-order valence-corrected chi connectivity index (χ2v) is 5.63. The molecule has 0 atom stereocenters. The molecule has 1 N–H and O–H groups in total. The molecule has 2 aromatic rings. The number of thiazole rings is 1. The zero-order valence-electron chi connectivity index (χ0n) is 12.1. The van der Waals surface area contributed by atoms with Crippen LogP contribution in [0.4, 0.5) is 5.69 Å². The molecule has 0 spiro atoms. The molecule has 0 aliphatic carbocycles. The van der Waals surface area contributed by atoms with Crippen LogP contribution in [0.5, 0.6) is 0 Å². The maximum atomic E-state index is 11.4. The standard InChI is InChI=1S/C16H17N3OS/c1-3-16-19-14(10-21-16)6-7-18-15-8-12(11(2)20)4-5-13(15)9-17/h4-5,8,10,18H,3,6-7H2,1-2H3. The number of carbonyl (C=O) groups is 1. The SMILES string of the molecule is CCc1nc(CCNc2cc(C(C)=O)ccc2C#N)cs1. The molecule has 0 amide bonds. The van der Waals surface area contributed by atoms with Crippen LogP contribution >= 0.6 is 11.3 Å². The fourth-order valence-electron chi connectivity index (χ4n) is 1.96. The van der Waals surface area contributed by atoms with Crippen LogP contribution in [0.1, 0.15) is 40.5 Å². The number of aromatic nitrogens is 1. The number of nitrogens with zero attached hydrogens (tertiary/aromatic N) is 2. The Morgan fingerprint density at radius 2 is 2.29 bits per heavy atom. The number of nitriles is 1. The highest BCUT2D eigenvalue weighted by atomic mass is 32.1. The first kappa shape index (κ1) is 15.2. The predicted octanol–water partition coefficient (Wildman–Crippen LogP) is 3.43. The number of rotatable bonds is 6. The van der Waals surface area contributed by atoms with Crippen LogP contribution in [0, 0.1) is 11.3 Å². The summed E-state index contributed by atoms with van der Waals surface area (Å²) >= 11 is 1.67. The van der Waals surface area contributed by atoms with E-state index in [9.17, 15) is 4.79 Å². The van der Waals surface area contributed by atoms with Crippen molar-refractivity contribution in [3.8, 4) is 6.07 Å². The van der Waals surface area contributed by atoms with Crippen molar-refractivity contribution < 1.29 is 4.79 Å². The first-order valence-electron chi connectivity index (χ1n) is 6.86. The summed E-state index contributed by atoms with van der Waals surface area (Å²) in [6, 6.07) is 7.23. The molecule has 1 aromatic heterocycles. The van der Waals surface area contributed by atoms with Gasteiger partial charge >= 0.3 is 0 Å². The van der Waals surface area contributed by atoms with Crippen LogP contribution in [0.25, 0.3) is 0 Å². The van der Waals surface area contributed by atoms with Crippen molar-refractivity contribution in [2.24, 2.45) is 0 Å². The van der Waals surface area contributed by atoms with Gasteiger partial charge in [0.15, 0.2) is 5.78 Å². The number of anilines is 1. The number of ketones is 1. The zero-order chi connectivity index (χ0) is 15.2. The lowest BCUT2D eigenvalue weighted by Gasteiger charge is -2.08. The number of carbonyl (C=O) groups excluding carboxylic acids is 1. The van der Waals surface area contributed by atoms with E-state index in [-0.39, 0.29) is 5.78 Å². The smallest absolute Gasteiger partial charge is 0.159 e. The van der Waals surface area contributed by atoms with Gasteiger partial charge < -0.3 is 5.32 Å². The lowest BCUT2D eigenvalue weighted by molar-refractivity contribution is 0.101. The number of hydrogen-bond acceptors (Lipinski definition) is 5. The predicted molar refractivity (Wildman–Crippen MR) is 84.8 cm³/mol. The largest absolute Gasteiger partial charge is 0.384 e. The second kappa shape index (κ2) is 7.00. The highest BCUT2D eigenvalue weighted by Crippen LogP contribution is 2.18. The van der Waals surface area contributed by atoms with E-state index in [1.54, 1.807) is 29.5 Å². The van der Waals surface area contributed by atoms with E-state index < -0.39 is 0 Å². The van der Waals surface area contributed by atoms with Gasteiger partial charge in [0.1, 0.15) is 6.07 Å². The van der Waals surface area contributed by atoms with Crippen molar-refractivity contribution in [2.45, 2.75) is 26.7 Å². The summed E-state index contributed by atoms with van der Waals surface area (Å²) in [4.78, 5) is 15.9. The maximum absolute atomic E-state index is 11.4. The second-order valence-electron chi connectivity index (χ2n) is 4.69. The van der Waals surface area contributed by atoms with Gasteiger partial charge in [-0.05, 0) is 31.5 Å². The van der Waals surface area contributed by atoms with Gasteiger partial charge in [-0.15, -0.1) is 11.3 Å². The highest BCUT2D eigenvalue weighted by molar-refractivity contribution is 7.09. The molecule has 4 nitrogen and oxygen atoms in total. The molecule has 0 radical (unpaired) electrons. The van der Waals surface area contributed by atoms with E-state index in [0.717, 1.165) is 23.5 Å². The number of Topliss-reactive ketones (excluding diaryl/α,β-unsaturated/α-hetero) is 1. The average molecular weight is 299 g/mol. The van der Waals surface area contributed by atoms with Gasteiger partial charge in [-0.25, -0.2) is 4.98 Å². The molecule has 108 valence electrons. The number of hydrogen-bond donors (Lipinski definition) is 1. The first-order valence-corrected chi connectivity index (χ1v) is 7.74. The monoisotopic (exact) mass is 299 g/mol. The Labute approximate surface area is 128 Å². The Kier molecular flexibility index (Phi) is 5.07. The number of nitrogens with one attached hydrogen (secondary N) is 1. The Morgan fingerprint density at radius 3 is 2.90 bits per heavy atom. The van der Waals surface area contributed by atoms with Crippen LogP contribution in [0.15, 0.2) is 23.6 Å². The summed E-state index contributed by atoms with van der Waals surface area (Å²) in [6.07, 6.45) is 1.75. The van der Waals surface area contributed by atoms with Gasteiger partial charge in [0, 0.05) is 23.9 Å². The molecule has 1 aromatic carbocycles. The van der Waals surface area contributed by atoms with Gasteiger partial charge in [-0.3, -0.25) is 4.79 Å². The minimum atomic E-state index is -0.00497. The average Bonchev–Trinajstić information content (AvgIpc) is 2.95. The molecular weight excluding hydrogens is 282 g/mol. The lowest BCUT2D eigenvalue weighted by atomic mass is 10.1. The summed E-state index contributed by atoms with van der Waals surface area (Å²) in [5.41, 5.74) is 2.92. The Bertz CT molecular complexity index is 685. The van der Waals surface area contributed by atoms with E-state index in [4.69, 9.17) is 5.26 Å². The number of aryl methyl sites for hydroxylation is 1. The fourth-order valence-corrected chi connectivity index (χ4v) is 2.74. The Morgan fingerprint density at radius 1 is 1.48 bits per heavy atom. The topological polar surface area (TPSA) is 65.8 Å². The molecule has 0 saturated carbocycles. The zero-order valence-corrected chi connectivity index (χ0v) is 13.0. The molecular formula is C16H17N3OS. The summed E-state index contributed by atoms with van der Waals surface area (Å²) in [7, 11) is 0.